The van der Waals surface area contributed by atoms with Crippen LogP contribution in [0.2, 0.25) is 0 Å². The Morgan fingerprint density at radius 3 is 2.85 bits per heavy atom. The molecule has 6 heteroatoms. The molecular formula is C14H15N3O2S. The smallest absolute Gasteiger partial charge is 0.261 e. The number of carbonyl (C=O) groups is 2. The van der Waals surface area contributed by atoms with Gasteiger partial charge in [-0.3, -0.25) is 9.59 Å². The minimum Gasteiger partial charge on any atom is -0.367 e. The Kier molecular flexibility index (Phi) is 3.56. The quantitative estimate of drug-likeness (QED) is 0.790. The van der Waals surface area contributed by atoms with Gasteiger partial charge in [-0.15, -0.1) is 11.3 Å². The predicted octanol–water partition coefficient (Wildman–Crippen LogP) is 2.35. The van der Waals surface area contributed by atoms with Gasteiger partial charge in [0.25, 0.3) is 5.91 Å². The molecule has 0 aromatic carbocycles. The molecule has 0 spiro atoms. The number of hydrogen-bond acceptors (Lipinski definition) is 3. The molecule has 1 fully saturated rings. The zero-order chi connectivity index (χ0) is 13.9. The molecule has 0 radical (unpaired) electrons. The summed E-state index contributed by atoms with van der Waals surface area (Å²) in [5, 5.41) is 6.42. The van der Waals surface area contributed by atoms with Crippen LogP contribution < -0.4 is 10.6 Å². The molecule has 0 unspecified atom stereocenters. The van der Waals surface area contributed by atoms with Crippen LogP contribution in [0.25, 0.3) is 0 Å². The van der Waals surface area contributed by atoms with E-state index in [4.69, 9.17) is 0 Å². The summed E-state index contributed by atoms with van der Waals surface area (Å²) in [6, 6.07) is 5.42. The number of amides is 2. The zero-order valence-corrected chi connectivity index (χ0v) is 11.6. The molecule has 104 valence electrons. The average Bonchev–Trinajstić information content (AvgIpc) is 2.98. The maximum atomic E-state index is 12.0. The Labute approximate surface area is 120 Å². The molecule has 0 aliphatic heterocycles. The first kappa shape index (κ1) is 12.9. The van der Waals surface area contributed by atoms with E-state index in [0.29, 0.717) is 11.4 Å². The van der Waals surface area contributed by atoms with Crippen LogP contribution >= 0.6 is 11.3 Å². The third-order valence-electron chi connectivity index (χ3n) is 3.14. The monoisotopic (exact) mass is 289 g/mol. The first-order valence-corrected chi connectivity index (χ1v) is 7.34. The Morgan fingerprint density at radius 2 is 2.15 bits per heavy atom. The van der Waals surface area contributed by atoms with Crippen molar-refractivity contribution in [1.82, 2.24) is 10.3 Å². The van der Waals surface area contributed by atoms with Gasteiger partial charge in [-0.2, -0.15) is 0 Å². The molecule has 5 nitrogen and oxygen atoms in total. The van der Waals surface area contributed by atoms with E-state index in [2.05, 4.69) is 15.6 Å². The summed E-state index contributed by atoms with van der Waals surface area (Å²) < 4.78 is 0. The van der Waals surface area contributed by atoms with Crippen molar-refractivity contribution >= 4 is 28.2 Å². The molecule has 2 aromatic rings. The van der Waals surface area contributed by atoms with Gasteiger partial charge in [0.05, 0.1) is 9.88 Å². The third-order valence-corrected chi connectivity index (χ3v) is 4.14. The highest BCUT2D eigenvalue weighted by atomic mass is 32.1. The highest BCUT2D eigenvalue weighted by Gasteiger charge is 2.29. The van der Waals surface area contributed by atoms with E-state index in [1.54, 1.807) is 12.1 Å². The number of anilines is 1. The van der Waals surface area contributed by atoms with Crippen LogP contribution in [-0.2, 0) is 11.3 Å². The van der Waals surface area contributed by atoms with E-state index in [-0.39, 0.29) is 17.7 Å². The summed E-state index contributed by atoms with van der Waals surface area (Å²) in [6.07, 6.45) is 5.61. The Balaban J connectivity index is 1.55. The maximum absolute atomic E-state index is 12.0. The predicted molar refractivity (Wildman–Crippen MR) is 77.6 cm³/mol. The lowest BCUT2D eigenvalue weighted by molar-refractivity contribution is -0.117. The lowest BCUT2D eigenvalue weighted by Gasteiger charge is -2.01. The normalized spacial score (nSPS) is 14.0. The van der Waals surface area contributed by atoms with Gasteiger partial charge in [0.2, 0.25) is 5.91 Å². The molecule has 1 aliphatic rings. The number of carbonyl (C=O) groups excluding carboxylic acids is 2. The van der Waals surface area contributed by atoms with E-state index in [1.165, 1.54) is 11.3 Å². The number of nitrogens with one attached hydrogen (secondary N) is 3. The van der Waals surface area contributed by atoms with Crippen molar-refractivity contribution < 1.29 is 9.59 Å². The van der Waals surface area contributed by atoms with E-state index >= 15 is 0 Å². The SMILES string of the molecule is O=C(NCc1cc[nH]c1)c1ccc(NC(=O)C2CC2)s1. The van der Waals surface area contributed by atoms with Gasteiger partial charge in [0, 0.05) is 24.9 Å². The topological polar surface area (TPSA) is 74.0 Å². The summed E-state index contributed by atoms with van der Waals surface area (Å²) >= 11 is 1.30. The first-order chi connectivity index (χ1) is 9.72. The molecule has 3 rings (SSSR count). The minimum absolute atomic E-state index is 0.0612. The van der Waals surface area contributed by atoms with E-state index in [1.807, 2.05) is 18.5 Å². The molecule has 20 heavy (non-hydrogen) atoms. The molecule has 2 heterocycles. The molecule has 1 aliphatic carbocycles. The second-order valence-electron chi connectivity index (χ2n) is 4.83. The van der Waals surface area contributed by atoms with Crippen molar-refractivity contribution in [2.24, 2.45) is 5.92 Å². The number of H-pyrrole nitrogens is 1. The summed E-state index contributed by atoms with van der Waals surface area (Å²) in [5.41, 5.74) is 1.03. The molecule has 3 N–H and O–H groups in total. The zero-order valence-electron chi connectivity index (χ0n) is 10.8. The van der Waals surface area contributed by atoms with Crippen LogP contribution in [0.3, 0.4) is 0 Å². The minimum atomic E-state index is -0.122. The number of thiophene rings is 1. The van der Waals surface area contributed by atoms with Crippen LogP contribution in [-0.4, -0.2) is 16.8 Å². The van der Waals surface area contributed by atoms with Crippen molar-refractivity contribution in [2.45, 2.75) is 19.4 Å². The van der Waals surface area contributed by atoms with Crippen LogP contribution in [0.15, 0.2) is 30.6 Å². The van der Waals surface area contributed by atoms with Gasteiger partial charge in [-0.1, -0.05) is 0 Å². The Morgan fingerprint density at radius 1 is 1.30 bits per heavy atom. The average molecular weight is 289 g/mol. The molecule has 1 saturated carbocycles. The highest BCUT2D eigenvalue weighted by molar-refractivity contribution is 7.18. The highest BCUT2D eigenvalue weighted by Crippen LogP contribution is 2.31. The first-order valence-electron chi connectivity index (χ1n) is 6.53. The van der Waals surface area contributed by atoms with Crippen molar-refractivity contribution in [1.29, 1.82) is 0 Å². The van der Waals surface area contributed by atoms with Gasteiger partial charge < -0.3 is 15.6 Å². The van der Waals surface area contributed by atoms with Crippen molar-refractivity contribution in [2.75, 3.05) is 5.32 Å². The van der Waals surface area contributed by atoms with Gasteiger partial charge >= 0.3 is 0 Å². The largest absolute Gasteiger partial charge is 0.367 e. The summed E-state index contributed by atoms with van der Waals surface area (Å²) in [6.45, 7) is 0.490. The molecule has 2 amide bonds. The number of aromatic nitrogens is 1. The Hall–Kier alpha value is -2.08. The van der Waals surface area contributed by atoms with Crippen molar-refractivity contribution in [3.05, 3.63) is 41.0 Å². The second-order valence-corrected chi connectivity index (χ2v) is 5.91. The third kappa shape index (κ3) is 3.08. The summed E-state index contributed by atoms with van der Waals surface area (Å²) in [4.78, 5) is 27.1. The van der Waals surface area contributed by atoms with Crippen molar-refractivity contribution in [3.8, 4) is 0 Å². The van der Waals surface area contributed by atoms with Crippen LogP contribution in [0.1, 0.15) is 28.1 Å². The molecule has 0 atom stereocenters. The van der Waals surface area contributed by atoms with Crippen molar-refractivity contribution in [3.63, 3.8) is 0 Å². The number of aromatic amines is 1. The number of hydrogen-bond donors (Lipinski definition) is 3. The Bertz CT molecular complexity index is 614. The van der Waals surface area contributed by atoms with Crippen LogP contribution in [0.5, 0.6) is 0 Å². The summed E-state index contributed by atoms with van der Waals surface area (Å²) in [5.74, 6) is 0.109. The lowest BCUT2D eigenvalue weighted by Crippen LogP contribution is -2.21. The van der Waals surface area contributed by atoms with E-state index in [0.717, 1.165) is 23.4 Å². The lowest BCUT2D eigenvalue weighted by atomic mass is 10.3. The standard InChI is InChI=1S/C14H15N3O2S/c18-13(10-1-2-10)17-12-4-3-11(20-12)14(19)16-8-9-5-6-15-7-9/h3-7,10,15H,1-2,8H2,(H,16,19)(H,17,18). The van der Waals surface area contributed by atoms with E-state index in [9.17, 15) is 9.59 Å². The number of rotatable bonds is 5. The van der Waals surface area contributed by atoms with Gasteiger partial charge in [0.15, 0.2) is 0 Å². The fourth-order valence-electron chi connectivity index (χ4n) is 1.83. The maximum Gasteiger partial charge on any atom is 0.261 e. The second kappa shape index (κ2) is 5.50. The van der Waals surface area contributed by atoms with Crippen LogP contribution in [0.4, 0.5) is 5.00 Å². The van der Waals surface area contributed by atoms with Gasteiger partial charge in [-0.05, 0) is 36.6 Å². The fourth-order valence-corrected chi connectivity index (χ4v) is 2.66. The summed E-state index contributed by atoms with van der Waals surface area (Å²) in [7, 11) is 0. The van der Waals surface area contributed by atoms with E-state index < -0.39 is 0 Å². The molecule has 0 bridgehead atoms. The molecule has 2 aromatic heterocycles. The fraction of sp³-hybridized carbons (Fsp3) is 0.286. The molecular weight excluding hydrogens is 274 g/mol. The van der Waals surface area contributed by atoms with Crippen LogP contribution in [0, 0.1) is 5.92 Å². The molecule has 0 saturated heterocycles. The van der Waals surface area contributed by atoms with Gasteiger partial charge in [-0.25, -0.2) is 0 Å². The van der Waals surface area contributed by atoms with Gasteiger partial charge in [0.1, 0.15) is 0 Å².